The molecule has 3 aliphatic carbocycles. The van der Waals surface area contributed by atoms with E-state index in [1.165, 1.54) is 36.2 Å². The van der Waals surface area contributed by atoms with Crippen LogP contribution in [0.25, 0.3) is 11.0 Å². The Morgan fingerprint density at radius 3 is 2.70 bits per heavy atom. The zero-order chi connectivity index (χ0) is 13.4. The molecule has 4 unspecified atom stereocenters. The summed E-state index contributed by atoms with van der Waals surface area (Å²) in [6.45, 7) is 0.580. The molecule has 0 spiro atoms. The van der Waals surface area contributed by atoms with Crippen LogP contribution in [-0.2, 0) is 13.6 Å². The van der Waals surface area contributed by atoms with Crippen molar-refractivity contribution in [2.75, 3.05) is 0 Å². The van der Waals surface area contributed by atoms with Crippen LogP contribution in [0.4, 0.5) is 0 Å². The number of nitrogens with zero attached hydrogens (tertiary/aromatic N) is 2. The fourth-order valence-corrected chi connectivity index (χ4v) is 5.42. The predicted molar refractivity (Wildman–Crippen MR) is 79.2 cm³/mol. The first kappa shape index (κ1) is 11.3. The van der Waals surface area contributed by atoms with E-state index in [2.05, 4.69) is 29.8 Å². The summed E-state index contributed by atoms with van der Waals surface area (Å²) in [7, 11) is 2.18. The summed E-state index contributed by atoms with van der Waals surface area (Å²) >= 11 is 0. The minimum atomic E-state index is 0.580. The second-order valence-electron chi connectivity index (χ2n) is 7.03. The van der Waals surface area contributed by atoms with Crippen molar-refractivity contribution in [2.24, 2.45) is 36.5 Å². The standard InChI is InChI=1S/C17H21N3/c1-20-12-4-2-3-11(8-18)16(12)19-17(20)15-13-9-5-6-10(7-9)14(13)15/h2-4,9-10,13-15H,5-8,18H2,1H3. The van der Waals surface area contributed by atoms with Crippen molar-refractivity contribution in [1.29, 1.82) is 0 Å². The Morgan fingerprint density at radius 1 is 1.25 bits per heavy atom. The molecular formula is C17H21N3. The highest BCUT2D eigenvalue weighted by atomic mass is 15.1. The first-order valence-electron chi connectivity index (χ1n) is 7.94. The summed E-state index contributed by atoms with van der Waals surface area (Å²) in [6.07, 6.45) is 4.45. The number of benzene rings is 1. The van der Waals surface area contributed by atoms with Gasteiger partial charge >= 0.3 is 0 Å². The number of rotatable bonds is 2. The van der Waals surface area contributed by atoms with Crippen LogP contribution < -0.4 is 5.73 Å². The Labute approximate surface area is 119 Å². The molecule has 0 saturated heterocycles. The zero-order valence-electron chi connectivity index (χ0n) is 11.9. The Kier molecular flexibility index (Phi) is 2.06. The van der Waals surface area contributed by atoms with Crippen molar-refractivity contribution in [2.45, 2.75) is 31.7 Å². The second kappa shape index (κ2) is 3.64. The van der Waals surface area contributed by atoms with Gasteiger partial charge in [-0.25, -0.2) is 4.98 Å². The van der Waals surface area contributed by atoms with Crippen molar-refractivity contribution in [1.82, 2.24) is 9.55 Å². The van der Waals surface area contributed by atoms with E-state index in [1.54, 1.807) is 0 Å². The van der Waals surface area contributed by atoms with Gasteiger partial charge in [0.15, 0.2) is 0 Å². The van der Waals surface area contributed by atoms with E-state index < -0.39 is 0 Å². The maximum atomic E-state index is 5.86. The van der Waals surface area contributed by atoms with E-state index in [9.17, 15) is 0 Å². The van der Waals surface area contributed by atoms with Crippen LogP contribution >= 0.6 is 0 Å². The van der Waals surface area contributed by atoms with Gasteiger partial charge in [0, 0.05) is 19.5 Å². The van der Waals surface area contributed by atoms with Crippen LogP contribution in [0.2, 0.25) is 0 Å². The van der Waals surface area contributed by atoms with Crippen LogP contribution in [0.5, 0.6) is 0 Å². The van der Waals surface area contributed by atoms with Gasteiger partial charge in [-0.2, -0.15) is 0 Å². The van der Waals surface area contributed by atoms with Crippen LogP contribution in [0.1, 0.15) is 36.6 Å². The maximum Gasteiger partial charge on any atom is 0.113 e. The van der Waals surface area contributed by atoms with Crippen molar-refractivity contribution >= 4 is 11.0 Å². The number of hydrogen-bond donors (Lipinski definition) is 1. The van der Waals surface area contributed by atoms with E-state index >= 15 is 0 Å². The van der Waals surface area contributed by atoms with E-state index in [4.69, 9.17) is 10.7 Å². The van der Waals surface area contributed by atoms with Crippen molar-refractivity contribution in [3.8, 4) is 0 Å². The average Bonchev–Trinajstić information content (AvgIpc) is 2.80. The molecule has 2 aromatic rings. The predicted octanol–water partition coefficient (Wildman–Crippen LogP) is 2.79. The van der Waals surface area contributed by atoms with Crippen LogP contribution in [0.15, 0.2) is 18.2 Å². The molecule has 104 valence electrons. The molecule has 3 nitrogen and oxygen atoms in total. The van der Waals surface area contributed by atoms with Crippen molar-refractivity contribution in [3.63, 3.8) is 0 Å². The molecule has 1 aromatic carbocycles. The molecule has 1 aromatic heterocycles. The third-order valence-electron chi connectivity index (χ3n) is 6.28. The fourth-order valence-electron chi connectivity index (χ4n) is 5.42. The molecule has 3 saturated carbocycles. The van der Waals surface area contributed by atoms with Gasteiger partial charge in [-0.1, -0.05) is 12.1 Å². The number of para-hydroxylation sites is 1. The highest BCUT2D eigenvalue weighted by molar-refractivity contribution is 5.80. The lowest BCUT2D eigenvalue weighted by Gasteiger charge is -2.08. The van der Waals surface area contributed by atoms with Gasteiger partial charge < -0.3 is 10.3 Å². The van der Waals surface area contributed by atoms with Crippen molar-refractivity contribution in [3.05, 3.63) is 29.6 Å². The lowest BCUT2D eigenvalue weighted by atomic mass is 10.0. The molecule has 0 aliphatic heterocycles. The van der Waals surface area contributed by atoms with E-state index in [1.807, 2.05) is 0 Å². The number of nitrogens with two attached hydrogens (primary N) is 1. The van der Waals surface area contributed by atoms with Crippen LogP contribution in [0.3, 0.4) is 0 Å². The fraction of sp³-hybridized carbons (Fsp3) is 0.588. The first-order chi connectivity index (χ1) is 9.79. The topological polar surface area (TPSA) is 43.8 Å². The lowest BCUT2D eigenvalue weighted by Crippen LogP contribution is -2.03. The molecule has 2 N–H and O–H groups in total. The van der Waals surface area contributed by atoms with Gasteiger partial charge in [-0.3, -0.25) is 0 Å². The molecule has 3 fully saturated rings. The molecule has 3 heteroatoms. The monoisotopic (exact) mass is 267 g/mol. The number of imidazole rings is 1. The summed E-state index contributed by atoms with van der Waals surface area (Å²) < 4.78 is 2.33. The summed E-state index contributed by atoms with van der Waals surface area (Å²) in [5.41, 5.74) is 9.42. The number of hydrogen-bond acceptors (Lipinski definition) is 2. The zero-order valence-corrected chi connectivity index (χ0v) is 11.9. The molecule has 0 amide bonds. The average molecular weight is 267 g/mol. The largest absolute Gasteiger partial charge is 0.331 e. The van der Waals surface area contributed by atoms with Gasteiger partial charge in [0.25, 0.3) is 0 Å². The smallest absolute Gasteiger partial charge is 0.113 e. The Balaban J connectivity index is 1.62. The molecule has 0 radical (unpaired) electrons. The minimum absolute atomic E-state index is 0.580. The molecule has 2 bridgehead atoms. The van der Waals surface area contributed by atoms with Crippen LogP contribution in [0, 0.1) is 23.7 Å². The molecule has 1 heterocycles. The molecule has 20 heavy (non-hydrogen) atoms. The minimum Gasteiger partial charge on any atom is -0.331 e. The highest BCUT2D eigenvalue weighted by Gasteiger charge is 2.66. The van der Waals surface area contributed by atoms with Gasteiger partial charge in [0.05, 0.1) is 11.0 Å². The molecule has 4 atom stereocenters. The van der Waals surface area contributed by atoms with Gasteiger partial charge in [0.2, 0.25) is 0 Å². The van der Waals surface area contributed by atoms with Gasteiger partial charge in [-0.15, -0.1) is 0 Å². The third-order valence-corrected chi connectivity index (χ3v) is 6.28. The molecule has 5 rings (SSSR count). The van der Waals surface area contributed by atoms with E-state index in [0.717, 1.165) is 35.1 Å². The van der Waals surface area contributed by atoms with Crippen LogP contribution in [-0.4, -0.2) is 9.55 Å². The summed E-state index contributed by atoms with van der Waals surface area (Å²) in [6, 6.07) is 6.39. The SMILES string of the molecule is Cn1c(C2C3C4CCC(C4)C23)nc2c(CN)cccc21. The number of aromatic nitrogens is 2. The quantitative estimate of drug-likeness (QED) is 0.909. The second-order valence-corrected chi connectivity index (χ2v) is 7.03. The Hall–Kier alpha value is -1.35. The van der Waals surface area contributed by atoms with Crippen molar-refractivity contribution < 1.29 is 0 Å². The summed E-state index contributed by atoms with van der Waals surface area (Å²) in [4.78, 5) is 5.01. The van der Waals surface area contributed by atoms with E-state index in [0.29, 0.717) is 6.54 Å². The molecule has 3 aliphatic rings. The third kappa shape index (κ3) is 1.23. The Morgan fingerprint density at radius 2 is 2.00 bits per heavy atom. The lowest BCUT2D eigenvalue weighted by molar-refractivity contribution is 0.456. The first-order valence-corrected chi connectivity index (χ1v) is 7.94. The van der Waals surface area contributed by atoms with Gasteiger partial charge in [0.1, 0.15) is 5.82 Å². The Bertz CT molecular complexity index is 686. The maximum absolute atomic E-state index is 5.86. The summed E-state index contributed by atoms with van der Waals surface area (Å²) in [5, 5.41) is 0. The summed E-state index contributed by atoms with van der Waals surface area (Å²) in [5.74, 6) is 5.97. The van der Waals surface area contributed by atoms with Gasteiger partial charge in [-0.05, 0) is 54.6 Å². The number of fused-ring (bicyclic) bond motifs is 6. The molecular weight excluding hydrogens is 246 g/mol. The number of aryl methyl sites for hydroxylation is 1. The van der Waals surface area contributed by atoms with E-state index in [-0.39, 0.29) is 0 Å². The normalized spacial score (nSPS) is 37.6. The highest BCUT2D eigenvalue weighted by Crippen LogP contribution is 2.72.